The van der Waals surface area contributed by atoms with Gasteiger partial charge in [-0.15, -0.1) is 0 Å². The van der Waals surface area contributed by atoms with E-state index < -0.39 is 5.97 Å². The van der Waals surface area contributed by atoms with Crippen LogP contribution < -0.4 is 15.4 Å². The van der Waals surface area contributed by atoms with Gasteiger partial charge in [0.15, 0.2) is 0 Å². The number of carbonyl (C=O) groups excluding carboxylic acids is 1. The molecule has 0 radical (unpaired) electrons. The second-order valence-corrected chi connectivity index (χ2v) is 6.63. The molecular weight excluding hydrogens is 407 g/mol. The fourth-order valence-electron chi connectivity index (χ4n) is 2.83. The Kier molecular flexibility index (Phi) is 5.55. The highest BCUT2D eigenvalue weighted by atomic mass is 79.9. The zero-order valence-electron chi connectivity index (χ0n) is 14.2. The van der Waals surface area contributed by atoms with E-state index in [0.29, 0.717) is 23.2 Å². The zero-order chi connectivity index (χ0) is 18.7. The summed E-state index contributed by atoms with van der Waals surface area (Å²) in [6.07, 6.45) is 1.57. The van der Waals surface area contributed by atoms with Crippen LogP contribution in [0.4, 0.5) is 15.8 Å². The average molecular weight is 425 g/mol. The van der Waals surface area contributed by atoms with Crippen LogP contribution in [0.5, 0.6) is 0 Å². The van der Waals surface area contributed by atoms with Crippen LogP contribution in [0.25, 0.3) is 0 Å². The Hall–Kier alpha value is -2.42. The molecule has 2 heterocycles. The maximum Gasteiger partial charge on any atom is 0.327 e. The minimum Gasteiger partial charge on any atom is -0.468 e. The molecule has 1 saturated heterocycles. The van der Waals surface area contributed by atoms with Crippen LogP contribution >= 0.6 is 15.9 Å². The van der Waals surface area contributed by atoms with E-state index in [1.165, 1.54) is 19.2 Å². The highest BCUT2D eigenvalue weighted by Crippen LogP contribution is 2.24. The number of rotatable bonds is 4. The molecule has 0 bridgehead atoms. The molecule has 1 aromatic carbocycles. The SMILES string of the molecule is COC(=O)Cn1ncc(N2CCN(c3ccc(F)cc3)CC2)c(Br)c1=O. The van der Waals surface area contributed by atoms with Crippen LogP contribution in [-0.2, 0) is 16.1 Å². The number of carbonyl (C=O) groups is 1. The Morgan fingerprint density at radius 2 is 1.81 bits per heavy atom. The maximum atomic E-state index is 13.1. The molecule has 0 saturated carbocycles. The summed E-state index contributed by atoms with van der Waals surface area (Å²) in [6.45, 7) is 2.63. The third-order valence-corrected chi connectivity index (χ3v) is 5.03. The quantitative estimate of drug-likeness (QED) is 0.695. The van der Waals surface area contributed by atoms with Crippen LogP contribution in [0.15, 0.2) is 39.7 Å². The third kappa shape index (κ3) is 3.87. The van der Waals surface area contributed by atoms with Crippen molar-refractivity contribution in [3.63, 3.8) is 0 Å². The average Bonchev–Trinajstić information content (AvgIpc) is 2.66. The molecule has 1 aromatic heterocycles. The first-order chi connectivity index (χ1) is 12.5. The van der Waals surface area contributed by atoms with Gasteiger partial charge in [-0.3, -0.25) is 9.59 Å². The van der Waals surface area contributed by atoms with E-state index in [1.54, 1.807) is 18.3 Å². The van der Waals surface area contributed by atoms with Crippen molar-refractivity contribution in [2.75, 3.05) is 43.1 Å². The molecule has 0 atom stereocenters. The Balaban J connectivity index is 1.71. The van der Waals surface area contributed by atoms with Crippen LogP contribution in [0.3, 0.4) is 0 Å². The van der Waals surface area contributed by atoms with Crippen LogP contribution in [0.1, 0.15) is 0 Å². The molecule has 0 spiro atoms. The number of methoxy groups -OCH3 is 1. The molecule has 2 aromatic rings. The summed E-state index contributed by atoms with van der Waals surface area (Å²) in [5, 5.41) is 4.07. The summed E-state index contributed by atoms with van der Waals surface area (Å²) in [5.74, 6) is -0.790. The van der Waals surface area contributed by atoms with Gasteiger partial charge in [0.2, 0.25) is 0 Å². The van der Waals surface area contributed by atoms with Crippen molar-refractivity contribution in [2.45, 2.75) is 6.54 Å². The van der Waals surface area contributed by atoms with E-state index in [0.717, 1.165) is 23.5 Å². The molecule has 1 fully saturated rings. The minimum atomic E-state index is -0.535. The lowest BCUT2D eigenvalue weighted by atomic mass is 10.2. The molecular formula is C17H18BrFN4O3. The number of ether oxygens (including phenoxy) is 1. The molecule has 0 aliphatic carbocycles. The molecule has 138 valence electrons. The molecule has 3 rings (SSSR count). The predicted molar refractivity (Wildman–Crippen MR) is 99.0 cm³/mol. The van der Waals surface area contributed by atoms with E-state index in [2.05, 4.69) is 35.6 Å². The van der Waals surface area contributed by atoms with E-state index in [9.17, 15) is 14.0 Å². The van der Waals surface area contributed by atoms with Gasteiger partial charge in [-0.1, -0.05) is 0 Å². The van der Waals surface area contributed by atoms with Gasteiger partial charge < -0.3 is 14.5 Å². The minimum absolute atomic E-state index is 0.230. The van der Waals surface area contributed by atoms with Crippen molar-refractivity contribution in [3.8, 4) is 0 Å². The number of hydrogen-bond donors (Lipinski definition) is 0. The summed E-state index contributed by atoms with van der Waals surface area (Å²) in [6, 6.07) is 6.42. The molecule has 0 unspecified atom stereocenters. The number of halogens is 2. The topological polar surface area (TPSA) is 67.7 Å². The van der Waals surface area contributed by atoms with Crippen molar-refractivity contribution in [3.05, 3.63) is 51.1 Å². The molecule has 0 amide bonds. The number of hydrogen-bond acceptors (Lipinski definition) is 6. The smallest absolute Gasteiger partial charge is 0.327 e. The van der Waals surface area contributed by atoms with Crippen molar-refractivity contribution in [1.29, 1.82) is 0 Å². The van der Waals surface area contributed by atoms with E-state index in [-0.39, 0.29) is 17.9 Å². The zero-order valence-corrected chi connectivity index (χ0v) is 15.8. The number of anilines is 2. The summed E-state index contributed by atoms with van der Waals surface area (Å²) in [5.41, 5.74) is 1.28. The largest absolute Gasteiger partial charge is 0.468 e. The normalized spacial score (nSPS) is 14.4. The first kappa shape index (κ1) is 18.4. The van der Waals surface area contributed by atoms with Gasteiger partial charge in [0.25, 0.3) is 5.56 Å². The van der Waals surface area contributed by atoms with Gasteiger partial charge in [-0.2, -0.15) is 5.10 Å². The van der Waals surface area contributed by atoms with Gasteiger partial charge in [-0.25, -0.2) is 9.07 Å². The lowest BCUT2D eigenvalue weighted by molar-refractivity contribution is -0.141. The number of aromatic nitrogens is 2. The van der Waals surface area contributed by atoms with Crippen molar-refractivity contribution >= 4 is 33.3 Å². The number of piperazine rings is 1. The summed E-state index contributed by atoms with van der Waals surface area (Å²) >= 11 is 3.32. The molecule has 7 nitrogen and oxygen atoms in total. The summed E-state index contributed by atoms with van der Waals surface area (Å²) in [7, 11) is 1.26. The molecule has 9 heteroatoms. The van der Waals surface area contributed by atoms with Crippen molar-refractivity contribution < 1.29 is 13.9 Å². The Labute approximate surface area is 158 Å². The highest BCUT2D eigenvalue weighted by Gasteiger charge is 2.21. The Morgan fingerprint density at radius 1 is 1.19 bits per heavy atom. The monoisotopic (exact) mass is 424 g/mol. The molecule has 26 heavy (non-hydrogen) atoms. The van der Waals surface area contributed by atoms with Crippen LogP contribution in [0.2, 0.25) is 0 Å². The first-order valence-electron chi connectivity index (χ1n) is 8.07. The molecule has 1 aliphatic rings. The van der Waals surface area contributed by atoms with E-state index >= 15 is 0 Å². The van der Waals surface area contributed by atoms with Crippen LogP contribution in [-0.4, -0.2) is 49.0 Å². The summed E-state index contributed by atoms with van der Waals surface area (Å²) < 4.78 is 19.0. The fraction of sp³-hybridized carbons (Fsp3) is 0.353. The molecule has 0 N–H and O–H groups in total. The van der Waals surface area contributed by atoms with E-state index in [4.69, 9.17) is 0 Å². The lowest BCUT2D eigenvalue weighted by Gasteiger charge is -2.37. The van der Waals surface area contributed by atoms with Gasteiger partial charge in [0.05, 0.1) is 19.0 Å². The second-order valence-electron chi connectivity index (χ2n) is 5.83. The number of benzene rings is 1. The predicted octanol–water partition coefficient (Wildman–Crippen LogP) is 1.64. The highest BCUT2D eigenvalue weighted by molar-refractivity contribution is 9.10. The van der Waals surface area contributed by atoms with Crippen LogP contribution in [0, 0.1) is 5.82 Å². The fourth-order valence-corrected chi connectivity index (χ4v) is 3.39. The van der Waals surface area contributed by atoms with Gasteiger partial charge in [0, 0.05) is 31.9 Å². The van der Waals surface area contributed by atoms with E-state index in [1.807, 2.05) is 0 Å². The molecule has 1 aliphatic heterocycles. The van der Waals surface area contributed by atoms with Gasteiger partial charge in [-0.05, 0) is 40.2 Å². The van der Waals surface area contributed by atoms with Gasteiger partial charge in [0.1, 0.15) is 16.8 Å². The number of esters is 1. The standard InChI is InChI=1S/C17H18BrFN4O3/c1-26-15(24)11-23-17(25)16(18)14(10-20-23)22-8-6-21(7-9-22)13-4-2-12(19)3-5-13/h2-5,10H,6-9,11H2,1H3. The first-order valence-corrected chi connectivity index (χ1v) is 8.87. The lowest BCUT2D eigenvalue weighted by Crippen LogP contribution is -2.47. The Morgan fingerprint density at radius 3 is 2.42 bits per heavy atom. The van der Waals surface area contributed by atoms with Crippen molar-refractivity contribution in [2.24, 2.45) is 0 Å². The third-order valence-electron chi connectivity index (χ3n) is 4.29. The van der Waals surface area contributed by atoms with Gasteiger partial charge >= 0.3 is 5.97 Å². The number of nitrogens with zero attached hydrogens (tertiary/aromatic N) is 4. The van der Waals surface area contributed by atoms with Crippen molar-refractivity contribution in [1.82, 2.24) is 9.78 Å². The maximum absolute atomic E-state index is 13.1. The Bertz CT molecular complexity index is 848. The second kappa shape index (κ2) is 7.86. The summed E-state index contributed by atoms with van der Waals surface area (Å²) in [4.78, 5) is 27.9.